The van der Waals surface area contributed by atoms with E-state index in [2.05, 4.69) is 25.6 Å². The number of benzene rings is 2. The summed E-state index contributed by atoms with van der Waals surface area (Å²) in [5.74, 6) is -0.0183. The molecule has 1 aromatic heterocycles. The molecule has 0 spiro atoms. The number of piperazine rings is 3. The smallest absolute Gasteiger partial charge is 0.410 e. The molecule has 1 aliphatic carbocycles. The van der Waals surface area contributed by atoms with Crippen LogP contribution in [0.5, 0.6) is 0 Å². The quantitative estimate of drug-likeness (QED) is 0.0525. The number of aromatic nitrogens is 1. The zero-order valence-corrected chi connectivity index (χ0v) is 42.9. The number of carbonyl (C=O) groups excluding carboxylic acids is 5. The van der Waals surface area contributed by atoms with Gasteiger partial charge in [0.15, 0.2) is 11.9 Å². The van der Waals surface area contributed by atoms with E-state index in [0.29, 0.717) is 63.0 Å². The van der Waals surface area contributed by atoms with Crippen LogP contribution in [0.4, 0.5) is 35.3 Å². The van der Waals surface area contributed by atoms with Gasteiger partial charge < -0.3 is 77.5 Å². The Balaban J connectivity index is 0.952. The van der Waals surface area contributed by atoms with E-state index >= 15 is 0 Å². The molecule has 8 amide bonds. The summed E-state index contributed by atoms with van der Waals surface area (Å²) in [4.78, 5) is 103. The third-order valence-electron chi connectivity index (χ3n) is 13.7. The number of hydrogen-bond acceptors (Lipinski definition) is 12. The number of nitrogens with one attached hydrogen (secondary N) is 2. The fourth-order valence-electron chi connectivity index (χ4n) is 9.68. The van der Waals surface area contributed by atoms with Crippen LogP contribution in [0.15, 0.2) is 87.9 Å². The number of carbonyl (C=O) groups is 6. The van der Waals surface area contributed by atoms with E-state index < -0.39 is 42.4 Å². The first-order chi connectivity index (χ1) is 36.2. The number of aliphatic imine (C=N–C) groups is 2. The Bertz CT molecular complexity index is 2470. The van der Waals surface area contributed by atoms with Gasteiger partial charge in [-0.05, 0) is 91.8 Å². The third-order valence-corrected chi connectivity index (χ3v) is 14.8. The minimum Gasteiger partial charge on any atom is -0.465 e. The normalized spacial score (nSPS) is 20.2. The molecule has 4 fully saturated rings. The van der Waals surface area contributed by atoms with E-state index in [-0.39, 0.29) is 108 Å². The lowest BCUT2D eigenvalue weighted by atomic mass is 9.81. The molecule has 75 heavy (non-hydrogen) atoms. The molecule has 1 saturated carbocycles. The van der Waals surface area contributed by atoms with E-state index in [9.17, 15) is 33.9 Å². The van der Waals surface area contributed by atoms with Crippen molar-refractivity contribution in [1.29, 1.82) is 0 Å². The molecule has 3 saturated heterocycles. The summed E-state index contributed by atoms with van der Waals surface area (Å²) in [6, 6.07) is 16.8. The maximum absolute atomic E-state index is 14.0. The van der Waals surface area contributed by atoms with Crippen molar-refractivity contribution in [3.05, 3.63) is 84.2 Å². The first-order valence-electron chi connectivity index (χ1n) is 25.3. The van der Waals surface area contributed by atoms with Gasteiger partial charge in [-0.3, -0.25) is 9.78 Å². The lowest BCUT2D eigenvalue weighted by molar-refractivity contribution is -0.135. The van der Waals surface area contributed by atoms with E-state index in [0.717, 1.165) is 21.8 Å². The summed E-state index contributed by atoms with van der Waals surface area (Å²) < 4.78 is 12.5. The van der Waals surface area contributed by atoms with Crippen molar-refractivity contribution in [3.63, 3.8) is 0 Å². The molecule has 0 radical (unpaired) electrons. The van der Waals surface area contributed by atoms with Crippen molar-refractivity contribution >= 4 is 71.3 Å². The van der Waals surface area contributed by atoms with Crippen molar-refractivity contribution < 1.29 is 43.3 Å². The number of ether oxygens (including phenoxy) is 2. The number of amides is 8. The second-order valence-electron chi connectivity index (χ2n) is 18.8. The largest absolute Gasteiger partial charge is 0.465 e. The molecule has 404 valence electrons. The highest BCUT2D eigenvalue weighted by Crippen LogP contribution is 2.34. The Morgan fingerprint density at radius 2 is 1.13 bits per heavy atom. The Hall–Kier alpha value is -7.70. The highest BCUT2D eigenvalue weighted by atomic mass is 32.2. The third kappa shape index (κ3) is 16.4. The number of nitrogens with zero attached hydrogens (tertiary/aromatic N) is 9. The van der Waals surface area contributed by atoms with Crippen LogP contribution in [-0.4, -0.2) is 184 Å². The molecule has 0 bridgehead atoms. The summed E-state index contributed by atoms with van der Waals surface area (Å²) in [5.41, 5.74) is 24.7. The van der Waals surface area contributed by atoms with Crippen LogP contribution in [0.1, 0.15) is 56.1 Å². The zero-order chi connectivity index (χ0) is 53.3. The number of thioether (sulfide) groups is 1. The summed E-state index contributed by atoms with van der Waals surface area (Å²) in [5, 5.41) is 16.4. The molecule has 2 unspecified atom stereocenters. The monoisotopic (exact) mass is 1060 g/mol. The molecule has 4 heterocycles. The van der Waals surface area contributed by atoms with Crippen LogP contribution in [0.2, 0.25) is 0 Å². The lowest BCUT2D eigenvalue weighted by Gasteiger charge is -2.46. The van der Waals surface area contributed by atoms with Gasteiger partial charge in [-0.25, -0.2) is 34.0 Å². The van der Waals surface area contributed by atoms with Gasteiger partial charge in [0.05, 0.1) is 17.4 Å². The van der Waals surface area contributed by atoms with Crippen LogP contribution in [0.25, 0.3) is 0 Å². The molecule has 7 rings (SSSR count). The molecule has 4 atom stereocenters. The van der Waals surface area contributed by atoms with Crippen molar-refractivity contribution in [1.82, 2.24) is 45.0 Å². The number of carboxylic acid groups (broad SMARTS) is 1. The summed E-state index contributed by atoms with van der Waals surface area (Å²) >= 11 is 1.63. The number of urea groups is 2. The molecular weight excluding hydrogens is 987 g/mol. The van der Waals surface area contributed by atoms with Gasteiger partial charge in [-0.1, -0.05) is 24.3 Å². The molecule has 3 aliphatic heterocycles. The fourth-order valence-corrected chi connectivity index (χ4v) is 10.5. The number of pyridine rings is 1. The van der Waals surface area contributed by atoms with Crippen LogP contribution >= 0.6 is 11.8 Å². The van der Waals surface area contributed by atoms with E-state index in [1.165, 1.54) is 4.90 Å². The molecule has 25 heteroatoms. The number of hydrogen-bond donors (Lipinski definition) is 7. The van der Waals surface area contributed by atoms with Gasteiger partial charge in [0.2, 0.25) is 5.91 Å². The van der Waals surface area contributed by atoms with E-state index in [1.807, 2.05) is 36.4 Å². The number of guanidine groups is 2. The van der Waals surface area contributed by atoms with Crippen molar-refractivity contribution in [2.24, 2.45) is 38.8 Å². The second kappa shape index (κ2) is 27.0. The maximum atomic E-state index is 14.0. The van der Waals surface area contributed by atoms with Crippen LogP contribution in [-0.2, 0) is 27.4 Å². The topological polar surface area (TPSA) is 326 Å². The first kappa shape index (κ1) is 55.1. The van der Waals surface area contributed by atoms with Gasteiger partial charge in [0, 0.05) is 115 Å². The van der Waals surface area contributed by atoms with Gasteiger partial charge in [-0.15, -0.1) is 11.8 Å². The SMILES string of the molecule is NC(N)=Nc1ccc(CNC(=O)N2CCN(C(=O)OC3CCC[C@@H](OC(=O)N4CCN(C(=O)NCc5ccc(N=C(N)N)cc5)CC4)CC[C@H]3C3CN(C(=O)CCCSc4ccncc4)CCN3C(=O)O)CC2)cc1. The summed E-state index contributed by atoms with van der Waals surface area (Å²) in [6.07, 6.45) is 2.93. The van der Waals surface area contributed by atoms with Crippen molar-refractivity contribution in [2.75, 3.05) is 77.7 Å². The standard InChI is InChI=1S/C50H69N15O9S/c51-44(52)58-36-10-6-34(7-11-36)31-56-46(67)60-20-24-62(25-21-60)49(71)73-38-3-1-4-42(74-50(72)63-26-22-61(23-27-63)47(68)57-32-35-8-12-37(13-9-35)59-45(53)54)40(15-14-38)41-33-64(28-29-65(41)48(69)70)43(66)5-2-30-75-39-16-18-55-19-17-39/h6-13,16-19,38,40-42H,1-5,14-15,20-33H2,(H,56,67)(H,57,68)(H,69,70)(H4,51,52,58)(H4,53,54,59)/t38-,40+,41?,42?/m1/s1. The molecule has 2 aromatic carbocycles. The second-order valence-corrected chi connectivity index (χ2v) is 20.0. The minimum absolute atomic E-state index is 0.0485. The average molecular weight is 1060 g/mol. The molecular formula is C50H69N15O9S. The number of rotatable bonds is 14. The van der Waals surface area contributed by atoms with Gasteiger partial charge >= 0.3 is 30.3 Å². The fraction of sp³-hybridized carbons (Fsp3) is 0.500. The molecule has 24 nitrogen and oxygen atoms in total. The highest BCUT2D eigenvalue weighted by molar-refractivity contribution is 7.99. The Morgan fingerprint density at radius 3 is 1.65 bits per heavy atom. The van der Waals surface area contributed by atoms with E-state index in [1.54, 1.807) is 72.9 Å². The molecule has 3 aromatic rings. The summed E-state index contributed by atoms with van der Waals surface area (Å²) in [6.45, 7) is 3.09. The van der Waals surface area contributed by atoms with Crippen molar-refractivity contribution in [2.45, 2.75) is 81.2 Å². The van der Waals surface area contributed by atoms with E-state index in [4.69, 9.17) is 32.4 Å². The van der Waals surface area contributed by atoms with Gasteiger partial charge in [-0.2, -0.15) is 0 Å². The summed E-state index contributed by atoms with van der Waals surface area (Å²) in [7, 11) is 0. The highest BCUT2D eigenvalue weighted by Gasteiger charge is 2.44. The minimum atomic E-state index is -1.14. The predicted molar refractivity (Wildman–Crippen MR) is 281 cm³/mol. The van der Waals surface area contributed by atoms with Crippen LogP contribution in [0, 0.1) is 5.92 Å². The Kier molecular flexibility index (Phi) is 19.8. The average Bonchev–Trinajstić information content (AvgIpc) is 3.40. The van der Waals surface area contributed by atoms with Crippen LogP contribution in [0.3, 0.4) is 0 Å². The lowest BCUT2D eigenvalue weighted by Crippen LogP contribution is -2.61. The van der Waals surface area contributed by atoms with Crippen molar-refractivity contribution in [3.8, 4) is 0 Å². The van der Waals surface area contributed by atoms with Gasteiger partial charge in [0.1, 0.15) is 12.2 Å². The van der Waals surface area contributed by atoms with Crippen LogP contribution < -0.4 is 33.6 Å². The zero-order valence-electron chi connectivity index (χ0n) is 42.0. The predicted octanol–water partition coefficient (Wildman–Crippen LogP) is 3.60. The molecule has 11 N–H and O–H groups in total. The Morgan fingerprint density at radius 1 is 0.627 bits per heavy atom. The molecule has 4 aliphatic rings. The number of nitrogens with two attached hydrogens (primary N) is 4. The Labute approximate surface area is 440 Å². The first-order valence-corrected chi connectivity index (χ1v) is 26.3. The van der Waals surface area contributed by atoms with Gasteiger partial charge in [0.25, 0.3) is 0 Å². The maximum Gasteiger partial charge on any atom is 0.410 e.